The summed E-state index contributed by atoms with van der Waals surface area (Å²) in [7, 11) is 0. The summed E-state index contributed by atoms with van der Waals surface area (Å²) in [5, 5.41) is 17.6. The molecule has 0 saturated carbocycles. The molecule has 0 spiro atoms. The van der Waals surface area contributed by atoms with Gasteiger partial charge in [0.05, 0.1) is 4.92 Å². The van der Waals surface area contributed by atoms with Crippen LogP contribution >= 0.6 is 0 Å². The summed E-state index contributed by atoms with van der Waals surface area (Å²) >= 11 is 0. The lowest BCUT2D eigenvalue weighted by atomic mass is 10.2. The first-order chi connectivity index (χ1) is 8.58. The highest BCUT2D eigenvalue weighted by Gasteiger charge is 2.16. The molecule has 2 rings (SSSR count). The number of aromatic amines is 2. The van der Waals surface area contributed by atoms with Gasteiger partial charge in [0.2, 0.25) is 0 Å². The highest BCUT2D eigenvalue weighted by atomic mass is 16.6. The molecule has 3 N–H and O–H groups in total. The van der Waals surface area contributed by atoms with Gasteiger partial charge in [-0.15, -0.1) is 0 Å². The molecule has 0 saturated heterocycles. The third-order valence-electron chi connectivity index (χ3n) is 2.19. The van der Waals surface area contributed by atoms with Crippen molar-refractivity contribution in [2.75, 3.05) is 5.32 Å². The van der Waals surface area contributed by atoms with Gasteiger partial charge in [-0.05, 0) is 6.07 Å². The number of rotatable bonds is 3. The van der Waals surface area contributed by atoms with Crippen LogP contribution in [0.15, 0.2) is 35.1 Å². The maximum Gasteiger partial charge on any atom is 0.292 e. The van der Waals surface area contributed by atoms with Gasteiger partial charge in [0, 0.05) is 12.1 Å². The number of para-hydroxylation sites is 2. The molecule has 0 fully saturated rings. The third kappa shape index (κ3) is 2.26. The predicted molar refractivity (Wildman–Crippen MR) is 62.5 cm³/mol. The van der Waals surface area contributed by atoms with Crippen molar-refractivity contribution < 1.29 is 9.72 Å². The number of aromatic nitrogens is 2. The van der Waals surface area contributed by atoms with Crippen molar-refractivity contribution in [3.05, 3.63) is 56.5 Å². The molecule has 0 aliphatic rings. The van der Waals surface area contributed by atoms with E-state index < -0.39 is 16.4 Å². The van der Waals surface area contributed by atoms with Gasteiger partial charge in [-0.2, -0.15) is 0 Å². The summed E-state index contributed by atoms with van der Waals surface area (Å²) in [6, 6.07) is 6.79. The Morgan fingerprint density at radius 3 is 2.61 bits per heavy atom. The Labute approximate surface area is 99.8 Å². The second-order valence-electron chi connectivity index (χ2n) is 3.40. The summed E-state index contributed by atoms with van der Waals surface area (Å²) in [5.74, 6) is -0.636. The van der Waals surface area contributed by atoms with Crippen molar-refractivity contribution in [2.45, 2.75) is 0 Å². The van der Waals surface area contributed by atoms with Crippen molar-refractivity contribution in [2.24, 2.45) is 0 Å². The third-order valence-corrected chi connectivity index (χ3v) is 2.19. The van der Waals surface area contributed by atoms with Crippen molar-refractivity contribution in [3.8, 4) is 0 Å². The van der Waals surface area contributed by atoms with Crippen LogP contribution in [0.25, 0.3) is 0 Å². The normalized spacial score (nSPS) is 10.0. The molecule has 8 nitrogen and oxygen atoms in total. The van der Waals surface area contributed by atoms with Crippen LogP contribution in [0.2, 0.25) is 0 Å². The van der Waals surface area contributed by atoms with E-state index in [9.17, 15) is 19.7 Å². The molecule has 1 aromatic heterocycles. The Morgan fingerprint density at radius 1 is 1.28 bits per heavy atom. The van der Waals surface area contributed by atoms with Crippen LogP contribution in [0.4, 0.5) is 11.4 Å². The number of anilines is 1. The molecule has 18 heavy (non-hydrogen) atoms. The second kappa shape index (κ2) is 4.53. The van der Waals surface area contributed by atoms with Gasteiger partial charge in [-0.1, -0.05) is 12.1 Å². The van der Waals surface area contributed by atoms with Crippen LogP contribution in [0.3, 0.4) is 0 Å². The highest BCUT2D eigenvalue weighted by molar-refractivity contribution is 6.03. The van der Waals surface area contributed by atoms with E-state index in [1.807, 2.05) is 0 Å². The zero-order valence-corrected chi connectivity index (χ0v) is 8.97. The molecule has 0 aliphatic carbocycles. The molecule has 2 aromatic rings. The lowest BCUT2D eigenvalue weighted by Gasteiger charge is -2.03. The van der Waals surface area contributed by atoms with E-state index in [2.05, 4.69) is 15.5 Å². The quantitative estimate of drug-likeness (QED) is 0.551. The molecule has 0 radical (unpaired) electrons. The van der Waals surface area contributed by atoms with Crippen molar-refractivity contribution in [1.82, 2.24) is 10.2 Å². The zero-order chi connectivity index (χ0) is 13.1. The number of carbonyl (C=O) groups excluding carboxylic acids is 1. The predicted octanol–water partition coefficient (Wildman–Crippen LogP) is 0.863. The van der Waals surface area contributed by atoms with Gasteiger partial charge in [0.15, 0.2) is 0 Å². The Kier molecular flexibility index (Phi) is 2.92. The fourth-order valence-corrected chi connectivity index (χ4v) is 1.38. The fraction of sp³-hybridized carbons (Fsp3) is 0. The van der Waals surface area contributed by atoms with E-state index in [0.29, 0.717) is 0 Å². The lowest BCUT2D eigenvalue weighted by molar-refractivity contribution is -0.383. The van der Waals surface area contributed by atoms with E-state index in [0.717, 1.165) is 6.07 Å². The van der Waals surface area contributed by atoms with Crippen molar-refractivity contribution in [1.29, 1.82) is 0 Å². The first kappa shape index (κ1) is 11.6. The minimum absolute atomic E-state index is 0.00171. The Morgan fingerprint density at radius 2 is 2.00 bits per heavy atom. The number of nitrogens with one attached hydrogen (secondary N) is 3. The van der Waals surface area contributed by atoms with Gasteiger partial charge < -0.3 is 5.32 Å². The summed E-state index contributed by atoms with van der Waals surface area (Å²) in [4.78, 5) is 32.7. The van der Waals surface area contributed by atoms with Gasteiger partial charge >= 0.3 is 0 Å². The SMILES string of the molecule is O=C(Nc1ccccc1[N+](=O)[O-])c1cc(=O)[nH][nH]1. The van der Waals surface area contributed by atoms with Crippen LogP contribution in [0, 0.1) is 10.1 Å². The monoisotopic (exact) mass is 248 g/mol. The molecule has 0 aliphatic heterocycles. The van der Waals surface area contributed by atoms with Crippen LogP contribution in [0.5, 0.6) is 0 Å². The fourth-order valence-electron chi connectivity index (χ4n) is 1.38. The number of hydrogen-bond acceptors (Lipinski definition) is 4. The van der Waals surface area contributed by atoms with Crippen molar-refractivity contribution >= 4 is 17.3 Å². The summed E-state index contributed by atoms with van der Waals surface area (Å²) in [5.41, 5.74) is -0.612. The highest BCUT2D eigenvalue weighted by Crippen LogP contribution is 2.23. The Bertz CT molecular complexity index is 658. The standard InChI is InChI=1S/C10H8N4O4/c15-9-5-7(12-13-9)10(16)11-6-3-1-2-4-8(6)14(17)18/h1-5H,(H,11,16)(H2,12,13,15). The van der Waals surface area contributed by atoms with Crippen LogP contribution < -0.4 is 10.9 Å². The topological polar surface area (TPSA) is 121 Å². The molecule has 1 aromatic carbocycles. The first-order valence-electron chi connectivity index (χ1n) is 4.90. The summed E-state index contributed by atoms with van der Waals surface area (Å²) in [6.45, 7) is 0. The molecule has 0 unspecified atom stereocenters. The minimum atomic E-state index is -0.636. The maximum absolute atomic E-state index is 11.7. The van der Waals surface area contributed by atoms with Gasteiger partial charge in [-0.3, -0.25) is 29.9 Å². The molecular formula is C10H8N4O4. The van der Waals surface area contributed by atoms with Gasteiger partial charge in [-0.25, -0.2) is 0 Å². The van der Waals surface area contributed by atoms with Gasteiger partial charge in [0.1, 0.15) is 11.4 Å². The first-order valence-corrected chi connectivity index (χ1v) is 4.90. The Balaban J connectivity index is 2.27. The largest absolute Gasteiger partial charge is 0.315 e. The average Bonchev–Trinajstić information content (AvgIpc) is 2.76. The molecule has 0 bridgehead atoms. The Hall–Kier alpha value is -2.90. The molecule has 1 heterocycles. The number of nitro groups is 1. The molecular weight excluding hydrogens is 240 g/mol. The van der Waals surface area contributed by atoms with Crippen LogP contribution in [-0.4, -0.2) is 21.0 Å². The number of nitrogens with zero attached hydrogens (tertiary/aromatic N) is 1. The number of nitro benzene ring substituents is 1. The lowest BCUT2D eigenvalue weighted by Crippen LogP contribution is -2.13. The van der Waals surface area contributed by atoms with E-state index in [4.69, 9.17) is 0 Å². The zero-order valence-electron chi connectivity index (χ0n) is 8.97. The smallest absolute Gasteiger partial charge is 0.292 e. The van der Waals surface area contributed by atoms with Crippen molar-refractivity contribution in [3.63, 3.8) is 0 Å². The molecule has 1 amide bonds. The average molecular weight is 248 g/mol. The number of carbonyl (C=O) groups is 1. The number of amides is 1. The van der Waals surface area contributed by atoms with Gasteiger partial charge in [0.25, 0.3) is 17.2 Å². The van der Waals surface area contributed by atoms with Crippen LogP contribution in [0.1, 0.15) is 10.5 Å². The molecule has 8 heteroatoms. The number of hydrogen-bond donors (Lipinski definition) is 3. The second-order valence-corrected chi connectivity index (χ2v) is 3.40. The minimum Gasteiger partial charge on any atom is -0.315 e. The summed E-state index contributed by atoms with van der Waals surface area (Å²) in [6.07, 6.45) is 0. The molecule has 92 valence electrons. The van der Waals surface area contributed by atoms with E-state index in [-0.39, 0.29) is 17.1 Å². The van der Waals surface area contributed by atoms with E-state index >= 15 is 0 Å². The molecule has 0 atom stereocenters. The number of H-pyrrole nitrogens is 2. The maximum atomic E-state index is 11.7. The van der Waals surface area contributed by atoms with E-state index in [1.54, 1.807) is 6.07 Å². The number of benzene rings is 1. The van der Waals surface area contributed by atoms with E-state index in [1.165, 1.54) is 18.2 Å². The summed E-state index contributed by atoms with van der Waals surface area (Å²) < 4.78 is 0. The van der Waals surface area contributed by atoms with Crippen LogP contribution in [-0.2, 0) is 0 Å².